The first-order chi connectivity index (χ1) is 10.3. The lowest BCUT2D eigenvalue weighted by molar-refractivity contribution is -0.0572. The van der Waals surface area contributed by atoms with E-state index in [4.69, 9.17) is 4.74 Å². The van der Waals surface area contributed by atoms with Crippen molar-refractivity contribution in [3.8, 4) is 5.75 Å². The van der Waals surface area contributed by atoms with E-state index >= 15 is 0 Å². The molecule has 2 bridgehead atoms. The normalized spacial score (nSPS) is 31.6. The van der Waals surface area contributed by atoms with Gasteiger partial charge in [-0.1, -0.05) is 32.9 Å². The maximum atomic E-state index is 10.4. The van der Waals surface area contributed by atoms with E-state index in [1.165, 1.54) is 5.56 Å². The summed E-state index contributed by atoms with van der Waals surface area (Å²) in [7, 11) is 1.78. The lowest BCUT2D eigenvalue weighted by Gasteiger charge is -2.61. The minimum absolute atomic E-state index is 0.122. The molecule has 1 aromatic rings. The molecule has 0 amide bonds. The molecule has 3 heteroatoms. The molecular formula is C19H29NO2. The molecule has 3 nitrogen and oxygen atoms in total. The monoisotopic (exact) mass is 303 g/mol. The summed E-state index contributed by atoms with van der Waals surface area (Å²) >= 11 is 0. The Balaban J connectivity index is 2.04. The number of ether oxygens (including phenoxy) is 1. The SMILES string of the molecule is COC(C)CN1CCC2(C)c3cccc(O)c3CC1C2(C)C. The molecule has 3 unspecified atom stereocenters. The third-order valence-corrected chi connectivity index (χ3v) is 6.63. The topological polar surface area (TPSA) is 32.7 Å². The number of piperidine rings is 1. The molecule has 1 aliphatic heterocycles. The zero-order chi connectivity index (χ0) is 16.1. The molecule has 122 valence electrons. The fraction of sp³-hybridized carbons (Fsp3) is 0.684. The first kappa shape index (κ1) is 15.8. The second-order valence-corrected chi connectivity index (χ2v) is 7.87. The Hall–Kier alpha value is -1.06. The number of hydrogen-bond donors (Lipinski definition) is 1. The van der Waals surface area contributed by atoms with Gasteiger partial charge in [0.2, 0.25) is 0 Å². The van der Waals surface area contributed by atoms with E-state index in [0.717, 1.165) is 31.5 Å². The van der Waals surface area contributed by atoms with Crippen LogP contribution in [0.3, 0.4) is 0 Å². The number of likely N-dealkylation sites (tertiary alicyclic amines) is 1. The molecule has 1 fully saturated rings. The van der Waals surface area contributed by atoms with Crippen LogP contribution in [0.5, 0.6) is 5.75 Å². The Labute approximate surface area is 134 Å². The van der Waals surface area contributed by atoms with E-state index in [9.17, 15) is 5.11 Å². The van der Waals surface area contributed by atoms with Crippen LogP contribution < -0.4 is 0 Å². The summed E-state index contributed by atoms with van der Waals surface area (Å²) in [5, 5.41) is 10.4. The quantitative estimate of drug-likeness (QED) is 0.929. The number of methoxy groups -OCH3 is 1. The number of nitrogens with zero attached hydrogens (tertiary/aromatic N) is 1. The minimum Gasteiger partial charge on any atom is -0.508 e. The van der Waals surface area contributed by atoms with Crippen LogP contribution in [0.15, 0.2) is 18.2 Å². The average Bonchev–Trinajstić information content (AvgIpc) is 2.46. The highest BCUT2D eigenvalue weighted by molar-refractivity contribution is 5.48. The van der Waals surface area contributed by atoms with E-state index in [-0.39, 0.29) is 16.9 Å². The van der Waals surface area contributed by atoms with Crippen molar-refractivity contribution in [3.63, 3.8) is 0 Å². The molecule has 0 aromatic heterocycles. The van der Waals surface area contributed by atoms with Gasteiger partial charge in [0.05, 0.1) is 6.10 Å². The summed E-state index contributed by atoms with van der Waals surface area (Å²) in [6.07, 6.45) is 2.30. The van der Waals surface area contributed by atoms with E-state index < -0.39 is 0 Å². The van der Waals surface area contributed by atoms with E-state index in [0.29, 0.717) is 11.8 Å². The number of phenolic OH excluding ortho intramolecular Hbond substituents is 1. The van der Waals surface area contributed by atoms with Gasteiger partial charge in [-0.2, -0.15) is 0 Å². The molecule has 2 aliphatic rings. The lowest BCUT2D eigenvalue weighted by atomic mass is 9.51. The van der Waals surface area contributed by atoms with Gasteiger partial charge in [0.25, 0.3) is 0 Å². The van der Waals surface area contributed by atoms with Gasteiger partial charge in [0.15, 0.2) is 0 Å². The summed E-state index contributed by atoms with van der Waals surface area (Å²) in [6, 6.07) is 6.50. The molecule has 1 N–H and O–H groups in total. The van der Waals surface area contributed by atoms with Crippen LogP contribution in [0, 0.1) is 5.41 Å². The molecule has 0 spiro atoms. The second-order valence-electron chi connectivity index (χ2n) is 7.87. The Morgan fingerprint density at radius 3 is 2.77 bits per heavy atom. The summed E-state index contributed by atoms with van der Waals surface area (Å²) in [5.74, 6) is 0.464. The molecule has 1 aliphatic carbocycles. The zero-order valence-corrected chi connectivity index (χ0v) is 14.5. The van der Waals surface area contributed by atoms with Crippen LogP contribution in [0.25, 0.3) is 0 Å². The maximum Gasteiger partial charge on any atom is 0.119 e. The van der Waals surface area contributed by atoms with Crippen molar-refractivity contribution in [2.75, 3.05) is 20.2 Å². The van der Waals surface area contributed by atoms with Gasteiger partial charge in [0.1, 0.15) is 5.75 Å². The van der Waals surface area contributed by atoms with Gasteiger partial charge in [-0.05, 0) is 48.9 Å². The molecule has 1 aromatic carbocycles. The highest BCUT2D eigenvalue weighted by Crippen LogP contribution is 2.57. The predicted octanol–water partition coefficient (Wildman–Crippen LogP) is 3.34. The van der Waals surface area contributed by atoms with Crippen molar-refractivity contribution < 1.29 is 9.84 Å². The fourth-order valence-corrected chi connectivity index (χ4v) is 4.66. The molecule has 0 radical (unpaired) electrons. The van der Waals surface area contributed by atoms with Crippen molar-refractivity contribution in [2.24, 2.45) is 5.41 Å². The van der Waals surface area contributed by atoms with Crippen LogP contribution >= 0.6 is 0 Å². The molecule has 3 rings (SSSR count). The molecule has 22 heavy (non-hydrogen) atoms. The number of rotatable bonds is 3. The third-order valence-electron chi connectivity index (χ3n) is 6.63. The Bertz CT molecular complexity index is 569. The van der Waals surface area contributed by atoms with Crippen molar-refractivity contribution in [3.05, 3.63) is 29.3 Å². The number of aromatic hydroxyl groups is 1. The highest BCUT2D eigenvalue weighted by atomic mass is 16.5. The first-order valence-electron chi connectivity index (χ1n) is 8.39. The number of benzene rings is 1. The Morgan fingerprint density at radius 2 is 2.09 bits per heavy atom. The Morgan fingerprint density at radius 1 is 1.36 bits per heavy atom. The van der Waals surface area contributed by atoms with Crippen LogP contribution in [0.2, 0.25) is 0 Å². The summed E-state index contributed by atoms with van der Waals surface area (Å²) < 4.78 is 5.49. The number of hydrogen-bond acceptors (Lipinski definition) is 3. The van der Waals surface area contributed by atoms with Crippen LogP contribution in [-0.4, -0.2) is 42.4 Å². The van der Waals surface area contributed by atoms with Gasteiger partial charge in [-0.3, -0.25) is 4.90 Å². The molecule has 3 atom stereocenters. The average molecular weight is 303 g/mol. The third kappa shape index (κ3) is 2.10. The van der Waals surface area contributed by atoms with Gasteiger partial charge >= 0.3 is 0 Å². The zero-order valence-electron chi connectivity index (χ0n) is 14.5. The van der Waals surface area contributed by atoms with Gasteiger partial charge < -0.3 is 9.84 Å². The van der Waals surface area contributed by atoms with Crippen molar-refractivity contribution in [2.45, 2.75) is 58.1 Å². The summed E-state index contributed by atoms with van der Waals surface area (Å²) in [5.41, 5.74) is 2.81. The molecular weight excluding hydrogens is 274 g/mol. The highest BCUT2D eigenvalue weighted by Gasteiger charge is 2.56. The first-order valence-corrected chi connectivity index (χ1v) is 8.39. The number of phenols is 1. The molecule has 0 saturated carbocycles. The van der Waals surface area contributed by atoms with Crippen molar-refractivity contribution in [1.82, 2.24) is 4.90 Å². The Kier molecular flexibility index (Phi) is 3.77. The van der Waals surface area contributed by atoms with E-state index in [2.05, 4.69) is 38.7 Å². The van der Waals surface area contributed by atoms with Crippen LogP contribution in [0.4, 0.5) is 0 Å². The van der Waals surface area contributed by atoms with Crippen molar-refractivity contribution >= 4 is 0 Å². The van der Waals surface area contributed by atoms with Gasteiger partial charge in [-0.25, -0.2) is 0 Å². The largest absolute Gasteiger partial charge is 0.508 e. The standard InChI is InChI=1S/C19H29NO2/c1-13(22-5)12-20-10-9-19(4)15-7-6-8-16(21)14(15)11-17(20)18(19,2)3/h6-8,13,17,21H,9-12H2,1-5H3. The summed E-state index contributed by atoms with van der Waals surface area (Å²) in [6.45, 7) is 11.4. The van der Waals surface area contributed by atoms with Crippen LogP contribution in [0.1, 0.15) is 45.2 Å². The van der Waals surface area contributed by atoms with Crippen molar-refractivity contribution in [1.29, 1.82) is 0 Å². The molecule has 1 saturated heterocycles. The molecule has 1 heterocycles. The fourth-order valence-electron chi connectivity index (χ4n) is 4.66. The predicted molar refractivity (Wildman–Crippen MR) is 89.4 cm³/mol. The van der Waals surface area contributed by atoms with Gasteiger partial charge in [0, 0.05) is 25.1 Å². The number of fused-ring (bicyclic) bond motifs is 4. The van der Waals surface area contributed by atoms with E-state index in [1.807, 2.05) is 12.1 Å². The minimum atomic E-state index is 0.122. The van der Waals surface area contributed by atoms with Crippen LogP contribution in [-0.2, 0) is 16.6 Å². The second kappa shape index (κ2) is 5.24. The van der Waals surface area contributed by atoms with Gasteiger partial charge in [-0.15, -0.1) is 0 Å². The summed E-state index contributed by atoms with van der Waals surface area (Å²) in [4.78, 5) is 2.57. The lowest BCUT2D eigenvalue weighted by Crippen LogP contribution is -2.64. The van der Waals surface area contributed by atoms with E-state index in [1.54, 1.807) is 7.11 Å². The maximum absolute atomic E-state index is 10.4. The smallest absolute Gasteiger partial charge is 0.119 e.